The van der Waals surface area contributed by atoms with Crippen molar-refractivity contribution in [3.05, 3.63) is 35.2 Å². The molecule has 0 aliphatic rings. The molecule has 0 unspecified atom stereocenters. The van der Waals surface area contributed by atoms with Gasteiger partial charge in [0.15, 0.2) is 0 Å². The van der Waals surface area contributed by atoms with Crippen LogP contribution in [0.25, 0.3) is 0 Å². The minimum absolute atomic E-state index is 0.293. The molecule has 0 radical (unpaired) electrons. The number of hydrogen-bond donors (Lipinski definition) is 2. The maximum absolute atomic E-state index is 12.1. The molecule has 21 heavy (non-hydrogen) atoms. The topological polar surface area (TPSA) is 81.1 Å². The summed E-state index contributed by atoms with van der Waals surface area (Å²) < 4.78 is 6.65. The van der Waals surface area contributed by atoms with Gasteiger partial charge in [-0.05, 0) is 6.07 Å². The Kier molecular flexibility index (Phi) is 5.13. The number of aromatic nitrogens is 3. The molecule has 2 rings (SSSR count). The molecule has 0 atom stereocenters. The molecule has 112 valence electrons. The number of carbonyl (C=O) groups is 1. The van der Waals surface area contributed by atoms with Crippen LogP contribution in [0.2, 0.25) is 5.02 Å². The number of rotatable bonds is 6. The first kappa shape index (κ1) is 15.3. The van der Waals surface area contributed by atoms with Gasteiger partial charge in [0.1, 0.15) is 5.82 Å². The second kappa shape index (κ2) is 7.05. The zero-order valence-electron chi connectivity index (χ0n) is 11.8. The van der Waals surface area contributed by atoms with Crippen LogP contribution in [0.5, 0.6) is 0 Å². The lowest BCUT2D eigenvalue weighted by Gasteiger charge is -2.05. The Bertz CT molecular complexity index is 629. The Balaban J connectivity index is 2.03. The number of nitrogens with zero attached hydrogens (tertiary/aromatic N) is 3. The summed E-state index contributed by atoms with van der Waals surface area (Å²) in [6.07, 6.45) is 4.76. The van der Waals surface area contributed by atoms with E-state index in [2.05, 4.69) is 20.7 Å². The Morgan fingerprint density at radius 1 is 1.48 bits per heavy atom. The summed E-state index contributed by atoms with van der Waals surface area (Å²) in [7, 11) is 3.33. The number of nitrogens with one attached hydrogen (secondary N) is 2. The number of pyridine rings is 1. The minimum atomic E-state index is -0.293. The lowest BCUT2D eigenvalue weighted by molar-refractivity contribution is 0.102. The summed E-state index contributed by atoms with van der Waals surface area (Å²) in [5.74, 6) is 0.235. The molecule has 0 bridgehead atoms. The molecule has 2 heterocycles. The van der Waals surface area contributed by atoms with Gasteiger partial charge in [-0.15, -0.1) is 0 Å². The van der Waals surface area contributed by atoms with Gasteiger partial charge in [0.25, 0.3) is 5.91 Å². The van der Waals surface area contributed by atoms with Crippen molar-refractivity contribution in [2.24, 2.45) is 0 Å². The lowest BCUT2D eigenvalue weighted by atomic mass is 10.2. The van der Waals surface area contributed by atoms with Crippen LogP contribution in [-0.2, 0) is 11.3 Å². The second-order valence-corrected chi connectivity index (χ2v) is 4.65. The Labute approximate surface area is 127 Å². The largest absolute Gasteiger partial charge is 0.383 e. The molecule has 2 aromatic rings. The fourth-order valence-corrected chi connectivity index (χ4v) is 1.95. The second-order valence-electron chi connectivity index (χ2n) is 4.24. The summed E-state index contributed by atoms with van der Waals surface area (Å²) >= 11 is 6.00. The SMILES string of the molecule is CNc1ncc(C(=O)Nc2cnn(CCOC)c2)cc1Cl. The number of carbonyl (C=O) groups excluding carboxylic acids is 1. The number of ether oxygens (including phenoxy) is 1. The number of anilines is 2. The molecule has 0 aromatic carbocycles. The average molecular weight is 310 g/mol. The number of halogens is 1. The predicted octanol–water partition coefficient (Wildman–Crippen LogP) is 1.87. The van der Waals surface area contributed by atoms with Crippen LogP contribution >= 0.6 is 11.6 Å². The zero-order valence-corrected chi connectivity index (χ0v) is 12.5. The van der Waals surface area contributed by atoms with Gasteiger partial charge in [-0.1, -0.05) is 11.6 Å². The van der Waals surface area contributed by atoms with E-state index < -0.39 is 0 Å². The fraction of sp³-hybridized carbons (Fsp3) is 0.308. The standard InChI is InChI=1S/C13H16ClN5O2/c1-15-12-11(14)5-9(6-16-12)13(20)18-10-7-17-19(8-10)3-4-21-2/h5-8H,3-4H2,1-2H3,(H,15,16)(H,18,20). The third kappa shape index (κ3) is 3.93. The van der Waals surface area contributed by atoms with Crippen molar-refractivity contribution >= 4 is 29.0 Å². The Morgan fingerprint density at radius 3 is 2.95 bits per heavy atom. The van der Waals surface area contributed by atoms with Crippen molar-refractivity contribution in [2.75, 3.05) is 31.4 Å². The van der Waals surface area contributed by atoms with E-state index in [0.29, 0.717) is 35.2 Å². The van der Waals surface area contributed by atoms with E-state index in [1.165, 1.54) is 6.20 Å². The number of hydrogen-bond acceptors (Lipinski definition) is 5. The summed E-state index contributed by atoms with van der Waals surface area (Å²) in [5.41, 5.74) is 0.980. The first-order valence-corrected chi connectivity index (χ1v) is 6.68. The normalized spacial score (nSPS) is 10.4. The summed E-state index contributed by atoms with van der Waals surface area (Å²) in [6, 6.07) is 1.56. The fourth-order valence-electron chi connectivity index (χ4n) is 1.68. The van der Waals surface area contributed by atoms with Crippen LogP contribution in [0.4, 0.5) is 11.5 Å². The predicted molar refractivity (Wildman–Crippen MR) is 80.8 cm³/mol. The van der Waals surface area contributed by atoms with Gasteiger partial charge in [-0.25, -0.2) is 4.98 Å². The Morgan fingerprint density at radius 2 is 2.29 bits per heavy atom. The van der Waals surface area contributed by atoms with E-state index in [-0.39, 0.29) is 5.91 Å². The molecule has 0 saturated heterocycles. The highest BCUT2D eigenvalue weighted by atomic mass is 35.5. The smallest absolute Gasteiger partial charge is 0.257 e. The van der Waals surface area contributed by atoms with Crippen molar-refractivity contribution in [1.82, 2.24) is 14.8 Å². The molecule has 2 N–H and O–H groups in total. The van der Waals surface area contributed by atoms with Crippen LogP contribution in [-0.4, -0.2) is 41.4 Å². The van der Waals surface area contributed by atoms with Gasteiger partial charge >= 0.3 is 0 Å². The Hall–Kier alpha value is -2.12. The van der Waals surface area contributed by atoms with E-state index in [0.717, 1.165) is 0 Å². The van der Waals surface area contributed by atoms with Crippen molar-refractivity contribution in [2.45, 2.75) is 6.54 Å². The first-order chi connectivity index (χ1) is 10.1. The van der Waals surface area contributed by atoms with Crippen LogP contribution in [0.3, 0.4) is 0 Å². The van der Waals surface area contributed by atoms with E-state index >= 15 is 0 Å². The van der Waals surface area contributed by atoms with Crippen LogP contribution in [0.1, 0.15) is 10.4 Å². The molecule has 0 saturated carbocycles. The van der Waals surface area contributed by atoms with Crippen LogP contribution < -0.4 is 10.6 Å². The molecule has 0 spiro atoms. The third-order valence-electron chi connectivity index (χ3n) is 2.76. The maximum atomic E-state index is 12.1. The molecule has 2 aromatic heterocycles. The highest BCUT2D eigenvalue weighted by Gasteiger charge is 2.10. The van der Waals surface area contributed by atoms with Gasteiger partial charge in [0.05, 0.1) is 35.6 Å². The summed E-state index contributed by atoms with van der Waals surface area (Å²) in [5, 5.41) is 10.1. The number of amides is 1. The molecular formula is C13H16ClN5O2. The maximum Gasteiger partial charge on any atom is 0.257 e. The third-order valence-corrected chi connectivity index (χ3v) is 3.04. The zero-order chi connectivity index (χ0) is 15.2. The van der Waals surface area contributed by atoms with E-state index in [4.69, 9.17) is 16.3 Å². The minimum Gasteiger partial charge on any atom is -0.383 e. The average Bonchev–Trinajstić information content (AvgIpc) is 2.92. The molecular weight excluding hydrogens is 294 g/mol. The van der Waals surface area contributed by atoms with Crippen LogP contribution in [0.15, 0.2) is 24.7 Å². The van der Waals surface area contributed by atoms with Crippen molar-refractivity contribution < 1.29 is 9.53 Å². The molecule has 0 aliphatic carbocycles. The summed E-state index contributed by atoms with van der Waals surface area (Å²) in [4.78, 5) is 16.2. The van der Waals surface area contributed by atoms with Crippen molar-refractivity contribution in [3.8, 4) is 0 Å². The molecule has 1 amide bonds. The molecule has 8 heteroatoms. The molecule has 7 nitrogen and oxygen atoms in total. The molecule has 0 aliphatic heterocycles. The van der Waals surface area contributed by atoms with Crippen LogP contribution in [0, 0.1) is 0 Å². The lowest BCUT2D eigenvalue weighted by Crippen LogP contribution is -2.12. The summed E-state index contributed by atoms with van der Waals surface area (Å²) in [6.45, 7) is 1.18. The van der Waals surface area contributed by atoms with Gasteiger partial charge < -0.3 is 15.4 Å². The van der Waals surface area contributed by atoms with Crippen molar-refractivity contribution in [1.29, 1.82) is 0 Å². The van der Waals surface area contributed by atoms with Gasteiger partial charge in [-0.2, -0.15) is 5.10 Å². The number of methoxy groups -OCH3 is 1. The van der Waals surface area contributed by atoms with Gasteiger partial charge in [0.2, 0.25) is 0 Å². The van der Waals surface area contributed by atoms with Gasteiger partial charge in [0, 0.05) is 26.6 Å². The van der Waals surface area contributed by atoms with E-state index in [1.54, 1.807) is 37.3 Å². The highest BCUT2D eigenvalue weighted by molar-refractivity contribution is 6.33. The molecule has 0 fully saturated rings. The highest BCUT2D eigenvalue weighted by Crippen LogP contribution is 2.20. The van der Waals surface area contributed by atoms with Gasteiger partial charge in [-0.3, -0.25) is 9.48 Å². The quantitative estimate of drug-likeness (QED) is 0.851. The van der Waals surface area contributed by atoms with E-state index in [1.807, 2.05) is 0 Å². The first-order valence-electron chi connectivity index (χ1n) is 6.30. The van der Waals surface area contributed by atoms with Crippen molar-refractivity contribution in [3.63, 3.8) is 0 Å². The van der Waals surface area contributed by atoms with E-state index in [9.17, 15) is 4.79 Å². The monoisotopic (exact) mass is 309 g/mol.